The molecule has 6 heteroatoms. The van der Waals surface area contributed by atoms with Crippen molar-refractivity contribution < 1.29 is 14.4 Å². The summed E-state index contributed by atoms with van der Waals surface area (Å²) in [6, 6.07) is -0.731. The molecule has 2 fully saturated rings. The quantitative estimate of drug-likeness (QED) is 0.574. The van der Waals surface area contributed by atoms with E-state index in [-0.39, 0.29) is 24.1 Å². The molecule has 3 N–H and O–H groups in total. The highest BCUT2D eigenvalue weighted by molar-refractivity contribution is 6.07. The molecule has 1 unspecified atom stereocenters. The van der Waals surface area contributed by atoms with Crippen molar-refractivity contribution in [3.8, 4) is 0 Å². The molecule has 1 saturated heterocycles. The van der Waals surface area contributed by atoms with E-state index in [1.165, 1.54) is 7.05 Å². The Bertz CT molecular complexity index is 362. The Hall–Kier alpha value is -1.43. The van der Waals surface area contributed by atoms with E-state index in [9.17, 15) is 14.4 Å². The van der Waals surface area contributed by atoms with E-state index in [2.05, 4.69) is 5.32 Å². The molecule has 0 aromatic heterocycles. The van der Waals surface area contributed by atoms with Gasteiger partial charge in [0.1, 0.15) is 6.04 Å². The predicted molar refractivity (Wildman–Crippen MR) is 55.1 cm³/mol. The molecular formula is C10H15N3O3. The average molecular weight is 225 g/mol. The SMILES string of the molecule is CN1C(=O)CC(NC(=O)C2(N)CCC2)C1=O. The summed E-state index contributed by atoms with van der Waals surface area (Å²) in [5.74, 6) is -0.948. The molecule has 1 atom stereocenters. The first-order valence-corrected chi connectivity index (χ1v) is 5.34. The molecule has 3 amide bonds. The number of carbonyl (C=O) groups is 3. The molecule has 1 aliphatic carbocycles. The van der Waals surface area contributed by atoms with Crippen molar-refractivity contribution in [2.24, 2.45) is 5.73 Å². The third-order valence-electron chi connectivity index (χ3n) is 3.38. The number of nitrogens with one attached hydrogen (secondary N) is 1. The number of nitrogens with zero attached hydrogens (tertiary/aromatic N) is 1. The molecule has 0 aromatic rings. The second-order valence-corrected chi connectivity index (χ2v) is 4.53. The lowest BCUT2D eigenvalue weighted by Crippen LogP contribution is -2.60. The fraction of sp³-hybridized carbons (Fsp3) is 0.700. The highest BCUT2D eigenvalue weighted by atomic mass is 16.2. The monoisotopic (exact) mass is 225 g/mol. The van der Waals surface area contributed by atoms with E-state index in [4.69, 9.17) is 5.73 Å². The van der Waals surface area contributed by atoms with Gasteiger partial charge < -0.3 is 11.1 Å². The van der Waals surface area contributed by atoms with Crippen molar-refractivity contribution in [1.82, 2.24) is 10.2 Å². The maximum absolute atomic E-state index is 11.7. The van der Waals surface area contributed by atoms with Crippen LogP contribution in [0.2, 0.25) is 0 Å². The minimum absolute atomic E-state index is 0.0388. The maximum Gasteiger partial charge on any atom is 0.252 e. The van der Waals surface area contributed by atoms with Gasteiger partial charge in [-0.15, -0.1) is 0 Å². The van der Waals surface area contributed by atoms with Gasteiger partial charge in [-0.3, -0.25) is 19.3 Å². The Kier molecular flexibility index (Phi) is 2.46. The Morgan fingerprint density at radius 1 is 1.50 bits per heavy atom. The zero-order valence-corrected chi connectivity index (χ0v) is 9.16. The lowest BCUT2D eigenvalue weighted by molar-refractivity contribution is -0.139. The van der Waals surface area contributed by atoms with Crippen molar-refractivity contribution in [1.29, 1.82) is 0 Å². The van der Waals surface area contributed by atoms with Gasteiger partial charge in [0.15, 0.2) is 0 Å². The van der Waals surface area contributed by atoms with Crippen LogP contribution in [-0.2, 0) is 14.4 Å². The van der Waals surface area contributed by atoms with Crippen LogP contribution in [0.4, 0.5) is 0 Å². The molecule has 0 aromatic carbocycles. The van der Waals surface area contributed by atoms with E-state index >= 15 is 0 Å². The highest BCUT2D eigenvalue weighted by Gasteiger charge is 2.44. The van der Waals surface area contributed by atoms with E-state index in [0.29, 0.717) is 12.8 Å². The van der Waals surface area contributed by atoms with Gasteiger partial charge in [-0.25, -0.2) is 0 Å². The van der Waals surface area contributed by atoms with Crippen molar-refractivity contribution in [3.63, 3.8) is 0 Å². The Labute approximate surface area is 93.1 Å². The first kappa shape index (κ1) is 11.1. The van der Waals surface area contributed by atoms with Gasteiger partial charge >= 0.3 is 0 Å². The Balaban J connectivity index is 1.98. The zero-order chi connectivity index (χ0) is 11.9. The Morgan fingerprint density at radius 2 is 2.12 bits per heavy atom. The third-order valence-corrected chi connectivity index (χ3v) is 3.38. The van der Waals surface area contributed by atoms with Gasteiger partial charge in [-0.1, -0.05) is 0 Å². The summed E-state index contributed by atoms with van der Waals surface area (Å²) in [7, 11) is 1.42. The number of likely N-dealkylation sites (tertiary alicyclic amines) is 1. The molecule has 0 spiro atoms. The molecular weight excluding hydrogens is 210 g/mol. The number of hydrogen-bond acceptors (Lipinski definition) is 4. The molecule has 6 nitrogen and oxygen atoms in total. The molecule has 0 bridgehead atoms. The van der Waals surface area contributed by atoms with Crippen LogP contribution in [0.15, 0.2) is 0 Å². The highest BCUT2D eigenvalue weighted by Crippen LogP contribution is 2.29. The molecule has 1 aliphatic heterocycles. The van der Waals surface area contributed by atoms with Crippen molar-refractivity contribution in [2.45, 2.75) is 37.3 Å². The van der Waals surface area contributed by atoms with Crippen LogP contribution >= 0.6 is 0 Å². The smallest absolute Gasteiger partial charge is 0.252 e. The second-order valence-electron chi connectivity index (χ2n) is 4.53. The summed E-state index contributed by atoms with van der Waals surface area (Å²) < 4.78 is 0. The van der Waals surface area contributed by atoms with Crippen LogP contribution in [0.5, 0.6) is 0 Å². The summed E-state index contributed by atoms with van der Waals surface area (Å²) in [4.78, 5) is 35.5. The predicted octanol–water partition coefficient (Wildman–Crippen LogP) is -1.26. The number of rotatable bonds is 2. The molecule has 16 heavy (non-hydrogen) atoms. The van der Waals surface area contributed by atoms with E-state index in [0.717, 1.165) is 11.3 Å². The lowest BCUT2D eigenvalue weighted by Gasteiger charge is -2.36. The fourth-order valence-corrected chi connectivity index (χ4v) is 1.96. The number of amides is 3. The van der Waals surface area contributed by atoms with E-state index in [1.54, 1.807) is 0 Å². The first-order chi connectivity index (χ1) is 7.44. The molecule has 1 heterocycles. The van der Waals surface area contributed by atoms with Gasteiger partial charge in [-0.05, 0) is 19.3 Å². The molecule has 2 rings (SSSR count). The summed E-state index contributed by atoms with van der Waals surface area (Å²) in [6.45, 7) is 0. The van der Waals surface area contributed by atoms with Crippen LogP contribution < -0.4 is 11.1 Å². The lowest BCUT2D eigenvalue weighted by atomic mass is 9.77. The normalized spacial score (nSPS) is 27.9. The number of hydrogen-bond donors (Lipinski definition) is 2. The number of likely N-dealkylation sites (N-methyl/N-ethyl adjacent to an activating group) is 1. The molecule has 1 saturated carbocycles. The van der Waals surface area contributed by atoms with Crippen LogP contribution in [0.1, 0.15) is 25.7 Å². The maximum atomic E-state index is 11.7. The average Bonchev–Trinajstić information content (AvgIpc) is 2.43. The molecule has 2 aliphatic rings. The minimum atomic E-state index is -0.829. The van der Waals surface area contributed by atoms with Crippen LogP contribution in [0.3, 0.4) is 0 Å². The Morgan fingerprint density at radius 3 is 2.50 bits per heavy atom. The number of nitrogens with two attached hydrogens (primary N) is 1. The molecule has 88 valence electrons. The summed E-state index contributed by atoms with van der Waals surface area (Å²) in [5.41, 5.74) is 4.99. The summed E-state index contributed by atoms with van der Waals surface area (Å²) >= 11 is 0. The van der Waals surface area contributed by atoms with Gasteiger partial charge in [0, 0.05) is 7.05 Å². The van der Waals surface area contributed by atoms with Gasteiger partial charge in [0.25, 0.3) is 5.91 Å². The summed E-state index contributed by atoms with van der Waals surface area (Å²) in [5, 5.41) is 2.56. The van der Waals surface area contributed by atoms with Gasteiger partial charge in [0.05, 0.1) is 12.0 Å². The van der Waals surface area contributed by atoms with Gasteiger partial charge in [0.2, 0.25) is 11.8 Å². The fourth-order valence-electron chi connectivity index (χ4n) is 1.96. The van der Waals surface area contributed by atoms with E-state index in [1.807, 2.05) is 0 Å². The second kappa shape index (κ2) is 3.55. The topological polar surface area (TPSA) is 92.5 Å². The standard InChI is InChI=1S/C10H15N3O3/c1-13-7(14)5-6(8(13)15)12-9(16)10(11)3-2-4-10/h6H,2-5,11H2,1H3,(H,12,16). The van der Waals surface area contributed by atoms with Gasteiger partial charge in [-0.2, -0.15) is 0 Å². The minimum Gasteiger partial charge on any atom is -0.342 e. The number of imide groups is 1. The summed E-state index contributed by atoms with van der Waals surface area (Å²) in [6.07, 6.45) is 2.26. The van der Waals surface area contributed by atoms with Crippen molar-refractivity contribution in [2.75, 3.05) is 7.05 Å². The third kappa shape index (κ3) is 1.59. The van der Waals surface area contributed by atoms with Crippen LogP contribution in [-0.4, -0.2) is 41.2 Å². The zero-order valence-electron chi connectivity index (χ0n) is 9.16. The van der Waals surface area contributed by atoms with Crippen LogP contribution in [0, 0.1) is 0 Å². The van der Waals surface area contributed by atoms with Crippen molar-refractivity contribution >= 4 is 17.7 Å². The first-order valence-electron chi connectivity index (χ1n) is 5.34. The van der Waals surface area contributed by atoms with Crippen LogP contribution in [0.25, 0.3) is 0 Å². The number of carbonyl (C=O) groups excluding carboxylic acids is 3. The largest absolute Gasteiger partial charge is 0.342 e. The molecule has 0 radical (unpaired) electrons. The van der Waals surface area contributed by atoms with Crippen molar-refractivity contribution in [3.05, 3.63) is 0 Å². The van der Waals surface area contributed by atoms with E-state index < -0.39 is 11.6 Å².